The summed E-state index contributed by atoms with van der Waals surface area (Å²) in [6.45, 7) is 3.93. The summed E-state index contributed by atoms with van der Waals surface area (Å²) in [7, 11) is 1.39. The molecular weight excluding hydrogens is 235 g/mol. The quantitative estimate of drug-likeness (QED) is 0.861. The van der Waals surface area contributed by atoms with Gasteiger partial charge in [0.25, 0.3) is 5.91 Å². The van der Waals surface area contributed by atoms with Gasteiger partial charge in [-0.1, -0.05) is 6.07 Å². The molecule has 1 aliphatic rings. The first-order valence-corrected chi connectivity index (χ1v) is 5.98. The molecule has 0 unspecified atom stereocenters. The fourth-order valence-corrected chi connectivity index (χ4v) is 2.12. The van der Waals surface area contributed by atoms with Gasteiger partial charge in [-0.3, -0.25) is 4.79 Å². The molecule has 1 amide bonds. The van der Waals surface area contributed by atoms with E-state index in [1.807, 2.05) is 6.92 Å². The molecule has 1 N–H and O–H groups in total. The van der Waals surface area contributed by atoms with E-state index in [0.717, 1.165) is 6.54 Å². The van der Waals surface area contributed by atoms with E-state index in [-0.39, 0.29) is 23.3 Å². The molecule has 0 spiro atoms. The van der Waals surface area contributed by atoms with Crippen LogP contribution in [0.1, 0.15) is 17.3 Å². The van der Waals surface area contributed by atoms with Gasteiger partial charge in [0, 0.05) is 25.7 Å². The number of methoxy groups -OCH3 is 1. The molecule has 1 aromatic rings. The molecule has 0 radical (unpaired) electrons. The highest BCUT2D eigenvalue weighted by Crippen LogP contribution is 2.21. The minimum Gasteiger partial charge on any atom is -0.494 e. The van der Waals surface area contributed by atoms with Crippen molar-refractivity contribution in [3.05, 3.63) is 29.6 Å². The molecule has 1 aromatic carbocycles. The number of amides is 1. The second-order valence-corrected chi connectivity index (χ2v) is 4.43. The van der Waals surface area contributed by atoms with Crippen molar-refractivity contribution in [2.45, 2.75) is 13.0 Å². The van der Waals surface area contributed by atoms with Crippen LogP contribution in [0.25, 0.3) is 0 Å². The van der Waals surface area contributed by atoms with Crippen molar-refractivity contribution in [1.82, 2.24) is 10.2 Å². The van der Waals surface area contributed by atoms with E-state index in [0.29, 0.717) is 13.1 Å². The van der Waals surface area contributed by atoms with E-state index in [9.17, 15) is 9.18 Å². The lowest BCUT2D eigenvalue weighted by molar-refractivity contribution is 0.0703. The van der Waals surface area contributed by atoms with Crippen LogP contribution in [0.2, 0.25) is 0 Å². The fraction of sp³-hybridized carbons (Fsp3) is 0.462. The van der Waals surface area contributed by atoms with Gasteiger partial charge < -0.3 is 15.0 Å². The number of halogens is 1. The van der Waals surface area contributed by atoms with Crippen molar-refractivity contribution in [2.75, 3.05) is 26.7 Å². The average Bonchev–Trinajstić information content (AvgIpc) is 2.38. The molecule has 1 atom stereocenters. The highest BCUT2D eigenvalue weighted by Gasteiger charge is 2.24. The lowest BCUT2D eigenvalue weighted by atomic mass is 10.1. The maximum absolute atomic E-state index is 14.0. The van der Waals surface area contributed by atoms with Gasteiger partial charge in [0.1, 0.15) is 0 Å². The molecule has 1 heterocycles. The highest BCUT2D eigenvalue weighted by atomic mass is 19.1. The van der Waals surface area contributed by atoms with Crippen LogP contribution in [0, 0.1) is 5.82 Å². The van der Waals surface area contributed by atoms with Crippen LogP contribution in [0.15, 0.2) is 18.2 Å². The zero-order valence-corrected chi connectivity index (χ0v) is 10.6. The predicted molar refractivity (Wildman–Crippen MR) is 66.3 cm³/mol. The Morgan fingerprint density at radius 2 is 2.33 bits per heavy atom. The summed E-state index contributed by atoms with van der Waals surface area (Å²) in [5.74, 6) is -0.764. The zero-order valence-electron chi connectivity index (χ0n) is 10.6. The standard InChI is InChI=1S/C13H17FN2O2/c1-9-8-16(7-6-15-9)13(17)10-4-3-5-11(18-2)12(10)14/h3-5,9,15H,6-8H2,1-2H3/t9-/m1/s1. The van der Waals surface area contributed by atoms with Gasteiger partial charge in [0.2, 0.25) is 0 Å². The molecule has 4 nitrogen and oxygen atoms in total. The Morgan fingerprint density at radius 3 is 3.00 bits per heavy atom. The van der Waals surface area contributed by atoms with Crippen LogP contribution in [0.3, 0.4) is 0 Å². The number of nitrogens with zero attached hydrogens (tertiary/aromatic N) is 1. The Balaban J connectivity index is 2.23. The minimum absolute atomic E-state index is 0.0726. The maximum atomic E-state index is 14.0. The van der Waals surface area contributed by atoms with Crippen LogP contribution < -0.4 is 10.1 Å². The van der Waals surface area contributed by atoms with Crippen LogP contribution in [0.4, 0.5) is 4.39 Å². The largest absolute Gasteiger partial charge is 0.494 e. The van der Waals surface area contributed by atoms with E-state index >= 15 is 0 Å². The normalized spacial score (nSPS) is 19.7. The smallest absolute Gasteiger partial charge is 0.257 e. The number of ether oxygens (including phenoxy) is 1. The monoisotopic (exact) mass is 252 g/mol. The molecule has 0 aromatic heterocycles. The lowest BCUT2D eigenvalue weighted by Gasteiger charge is -2.32. The van der Waals surface area contributed by atoms with E-state index in [1.54, 1.807) is 11.0 Å². The van der Waals surface area contributed by atoms with Crippen molar-refractivity contribution in [2.24, 2.45) is 0 Å². The molecule has 98 valence electrons. The molecule has 2 rings (SSSR count). The van der Waals surface area contributed by atoms with Crippen molar-refractivity contribution < 1.29 is 13.9 Å². The summed E-state index contributed by atoms with van der Waals surface area (Å²) >= 11 is 0. The number of hydrogen-bond acceptors (Lipinski definition) is 3. The first-order valence-electron chi connectivity index (χ1n) is 5.98. The van der Waals surface area contributed by atoms with Crippen molar-refractivity contribution >= 4 is 5.91 Å². The van der Waals surface area contributed by atoms with Gasteiger partial charge in [0.05, 0.1) is 12.7 Å². The molecule has 1 saturated heterocycles. The number of rotatable bonds is 2. The number of benzene rings is 1. The van der Waals surface area contributed by atoms with Gasteiger partial charge in [-0.25, -0.2) is 4.39 Å². The highest BCUT2D eigenvalue weighted by molar-refractivity contribution is 5.95. The second-order valence-electron chi connectivity index (χ2n) is 4.43. The van der Waals surface area contributed by atoms with Gasteiger partial charge in [-0.2, -0.15) is 0 Å². The zero-order chi connectivity index (χ0) is 13.1. The average molecular weight is 252 g/mol. The predicted octanol–water partition coefficient (Wildman–Crippen LogP) is 1.27. The van der Waals surface area contributed by atoms with Gasteiger partial charge in [0.15, 0.2) is 11.6 Å². The number of piperazine rings is 1. The molecule has 1 fully saturated rings. The number of carbonyl (C=O) groups is 1. The van der Waals surface area contributed by atoms with E-state index < -0.39 is 5.82 Å². The summed E-state index contributed by atoms with van der Waals surface area (Å²) < 4.78 is 18.9. The maximum Gasteiger partial charge on any atom is 0.257 e. The molecule has 5 heteroatoms. The third kappa shape index (κ3) is 2.46. The van der Waals surface area contributed by atoms with Crippen LogP contribution in [0.5, 0.6) is 5.75 Å². The molecule has 0 bridgehead atoms. The third-order valence-electron chi connectivity index (χ3n) is 3.07. The number of carbonyl (C=O) groups excluding carboxylic acids is 1. The number of hydrogen-bond donors (Lipinski definition) is 1. The van der Waals surface area contributed by atoms with Crippen molar-refractivity contribution in [3.63, 3.8) is 0 Å². The van der Waals surface area contributed by atoms with E-state index in [4.69, 9.17) is 4.74 Å². The van der Waals surface area contributed by atoms with E-state index in [1.165, 1.54) is 19.2 Å². The Bertz CT molecular complexity index is 451. The van der Waals surface area contributed by atoms with Crippen LogP contribution >= 0.6 is 0 Å². The summed E-state index contributed by atoms with van der Waals surface area (Å²) in [5.41, 5.74) is 0.0726. The summed E-state index contributed by atoms with van der Waals surface area (Å²) in [4.78, 5) is 13.9. The van der Waals surface area contributed by atoms with Crippen molar-refractivity contribution in [3.8, 4) is 5.75 Å². The second kappa shape index (κ2) is 5.35. The van der Waals surface area contributed by atoms with Gasteiger partial charge in [-0.05, 0) is 19.1 Å². The Labute approximate surface area is 106 Å². The van der Waals surface area contributed by atoms with Gasteiger partial charge >= 0.3 is 0 Å². The first kappa shape index (κ1) is 12.8. The molecule has 1 aliphatic heterocycles. The fourth-order valence-electron chi connectivity index (χ4n) is 2.12. The Morgan fingerprint density at radius 1 is 1.56 bits per heavy atom. The van der Waals surface area contributed by atoms with E-state index in [2.05, 4.69) is 5.32 Å². The molecule has 18 heavy (non-hydrogen) atoms. The van der Waals surface area contributed by atoms with Crippen LogP contribution in [-0.2, 0) is 0 Å². The third-order valence-corrected chi connectivity index (χ3v) is 3.07. The Kier molecular flexibility index (Phi) is 3.81. The summed E-state index contributed by atoms with van der Waals surface area (Å²) in [5, 5.41) is 3.24. The SMILES string of the molecule is COc1cccc(C(=O)N2CCN[C@H](C)C2)c1F. The molecular formula is C13H17FN2O2. The number of nitrogens with one attached hydrogen (secondary N) is 1. The first-order chi connectivity index (χ1) is 8.63. The lowest BCUT2D eigenvalue weighted by Crippen LogP contribution is -2.51. The van der Waals surface area contributed by atoms with Crippen molar-refractivity contribution in [1.29, 1.82) is 0 Å². The summed E-state index contributed by atoms with van der Waals surface area (Å²) in [6.07, 6.45) is 0. The van der Waals surface area contributed by atoms with Gasteiger partial charge in [-0.15, -0.1) is 0 Å². The summed E-state index contributed by atoms with van der Waals surface area (Å²) in [6, 6.07) is 4.86. The molecule has 0 saturated carbocycles. The topological polar surface area (TPSA) is 41.6 Å². The minimum atomic E-state index is -0.587. The van der Waals surface area contributed by atoms with Crippen LogP contribution in [-0.4, -0.2) is 43.6 Å². The Hall–Kier alpha value is -1.62. The molecule has 0 aliphatic carbocycles.